The fourth-order valence-corrected chi connectivity index (χ4v) is 1.95. The van der Waals surface area contributed by atoms with E-state index in [1.54, 1.807) is 24.5 Å². The first-order valence-corrected chi connectivity index (χ1v) is 7.26. The van der Waals surface area contributed by atoms with Crippen molar-refractivity contribution in [3.8, 4) is 11.5 Å². The van der Waals surface area contributed by atoms with E-state index in [9.17, 15) is 4.39 Å². The topological polar surface area (TPSA) is 34.2 Å². The Morgan fingerprint density at radius 3 is 2.85 bits per heavy atom. The molecule has 1 aromatic carbocycles. The molecule has 0 atom stereocenters. The van der Waals surface area contributed by atoms with Crippen LogP contribution in [0.2, 0.25) is 0 Å². The number of rotatable bonds is 6. The van der Waals surface area contributed by atoms with Crippen LogP contribution in [0.1, 0.15) is 18.9 Å². The van der Waals surface area contributed by atoms with Crippen LogP contribution < -0.4 is 10.1 Å². The Hall–Kier alpha value is -1.46. The summed E-state index contributed by atoms with van der Waals surface area (Å²) in [5.41, 5.74) is 1.04. The summed E-state index contributed by atoms with van der Waals surface area (Å²) in [5, 5.41) is 3.30. The van der Waals surface area contributed by atoms with E-state index < -0.39 is 0 Å². The lowest BCUT2D eigenvalue weighted by Gasteiger charge is -2.08. The SMILES string of the molecule is CCCNCc1cncc(Oc2ccc(Br)c(F)c2)c1. The molecule has 20 heavy (non-hydrogen) atoms. The van der Waals surface area contributed by atoms with Crippen molar-refractivity contribution in [2.24, 2.45) is 0 Å². The van der Waals surface area contributed by atoms with E-state index >= 15 is 0 Å². The molecule has 0 spiro atoms. The Kier molecular flexibility index (Phi) is 5.49. The van der Waals surface area contributed by atoms with Crippen molar-refractivity contribution < 1.29 is 9.13 Å². The van der Waals surface area contributed by atoms with Gasteiger partial charge in [0.2, 0.25) is 0 Å². The Balaban J connectivity index is 2.05. The van der Waals surface area contributed by atoms with Crippen molar-refractivity contribution in [1.29, 1.82) is 0 Å². The van der Waals surface area contributed by atoms with Crippen molar-refractivity contribution in [3.05, 3.63) is 52.5 Å². The number of nitrogens with zero attached hydrogens (tertiary/aromatic N) is 1. The van der Waals surface area contributed by atoms with Crippen LogP contribution in [0.15, 0.2) is 41.1 Å². The van der Waals surface area contributed by atoms with Crippen molar-refractivity contribution in [2.75, 3.05) is 6.54 Å². The Morgan fingerprint density at radius 1 is 1.25 bits per heavy atom. The summed E-state index contributed by atoms with van der Waals surface area (Å²) >= 11 is 3.11. The van der Waals surface area contributed by atoms with E-state index in [2.05, 4.69) is 33.2 Å². The number of ether oxygens (including phenoxy) is 1. The van der Waals surface area contributed by atoms with Gasteiger partial charge in [-0.25, -0.2) is 4.39 Å². The van der Waals surface area contributed by atoms with Crippen LogP contribution in [0.3, 0.4) is 0 Å². The largest absolute Gasteiger partial charge is 0.456 e. The van der Waals surface area contributed by atoms with Gasteiger partial charge in [-0.2, -0.15) is 0 Å². The average Bonchev–Trinajstić information content (AvgIpc) is 2.44. The van der Waals surface area contributed by atoms with E-state index in [0.717, 1.165) is 25.1 Å². The van der Waals surface area contributed by atoms with Crippen LogP contribution in [0.4, 0.5) is 4.39 Å². The standard InChI is InChI=1S/C15H16BrFN2O/c1-2-5-18-8-11-6-13(10-19-9-11)20-12-3-4-14(16)15(17)7-12/h3-4,6-7,9-10,18H,2,5,8H2,1H3. The molecule has 0 aliphatic rings. The van der Waals surface area contributed by atoms with E-state index in [0.29, 0.717) is 16.0 Å². The van der Waals surface area contributed by atoms with Gasteiger partial charge in [0.25, 0.3) is 0 Å². The molecule has 0 aliphatic carbocycles. The van der Waals surface area contributed by atoms with Crippen molar-refractivity contribution in [1.82, 2.24) is 10.3 Å². The van der Waals surface area contributed by atoms with E-state index in [-0.39, 0.29) is 5.82 Å². The van der Waals surface area contributed by atoms with Gasteiger partial charge in [0.05, 0.1) is 10.7 Å². The van der Waals surface area contributed by atoms with Crippen LogP contribution in [-0.2, 0) is 6.54 Å². The highest BCUT2D eigenvalue weighted by molar-refractivity contribution is 9.10. The maximum Gasteiger partial charge on any atom is 0.146 e. The van der Waals surface area contributed by atoms with E-state index in [4.69, 9.17) is 4.74 Å². The van der Waals surface area contributed by atoms with Crippen molar-refractivity contribution in [2.45, 2.75) is 19.9 Å². The second-order valence-electron chi connectivity index (χ2n) is 4.38. The summed E-state index contributed by atoms with van der Waals surface area (Å²) in [4.78, 5) is 4.13. The van der Waals surface area contributed by atoms with E-state index in [1.807, 2.05) is 6.07 Å². The smallest absolute Gasteiger partial charge is 0.146 e. The number of aromatic nitrogens is 1. The molecule has 0 unspecified atom stereocenters. The molecule has 0 fully saturated rings. The predicted octanol–water partition coefficient (Wildman–Crippen LogP) is 4.28. The van der Waals surface area contributed by atoms with Crippen LogP contribution in [0.25, 0.3) is 0 Å². The zero-order valence-electron chi connectivity index (χ0n) is 11.2. The third-order valence-electron chi connectivity index (χ3n) is 2.65. The zero-order valence-corrected chi connectivity index (χ0v) is 12.8. The summed E-state index contributed by atoms with van der Waals surface area (Å²) in [6, 6.07) is 6.56. The summed E-state index contributed by atoms with van der Waals surface area (Å²) in [7, 11) is 0. The van der Waals surface area contributed by atoms with Gasteiger partial charge < -0.3 is 10.1 Å². The van der Waals surface area contributed by atoms with Gasteiger partial charge in [-0.05, 0) is 52.7 Å². The predicted molar refractivity (Wildman–Crippen MR) is 80.4 cm³/mol. The molecule has 2 rings (SSSR count). The monoisotopic (exact) mass is 338 g/mol. The molecule has 0 aliphatic heterocycles. The summed E-state index contributed by atoms with van der Waals surface area (Å²) in [6.45, 7) is 3.82. The maximum atomic E-state index is 13.4. The highest BCUT2D eigenvalue weighted by atomic mass is 79.9. The number of hydrogen-bond acceptors (Lipinski definition) is 3. The Labute approximate surface area is 126 Å². The van der Waals surface area contributed by atoms with Gasteiger partial charge in [0.15, 0.2) is 0 Å². The van der Waals surface area contributed by atoms with Gasteiger partial charge in [0.1, 0.15) is 17.3 Å². The van der Waals surface area contributed by atoms with Crippen LogP contribution in [-0.4, -0.2) is 11.5 Å². The van der Waals surface area contributed by atoms with Gasteiger partial charge in [-0.3, -0.25) is 4.98 Å². The molecule has 0 radical (unpaired) electrons. The minimum absolute atomic E-state index is 0.351. The number of benzene rings is 1. The van der Waals surface area contributed by atoms with Crippen molar-refractivity contribution in [3.63, 3.8) is 0 Å². The molecule has 1 aromatic heterocycles. The molecule has 0 bridgehead atoms. The molecule has 0 saturated heterocycles. The lowest BCUT2D eigenvalue weighted by atomic mass is 10.2. The first-order chi connectivity index (χ1) is 9.69. The second kappa shape index (κ2) is 7.36. The molecule has 1 heterocycles. The average molecular weight is 339 g/mol. The Morgan fingerprint density at radius 2 is 2.10 bits per heavy atom. The molecule has 2 aromatic rings. The van der Waals surface area contributed by atoms with Crippen LogP contribution in [0, 0.1) is 5.82 Å². The van der Waals surface area contributed by atoms with Gasteiger partial charge in [-0.15, -0.1) is 0 Å². The highest BCUT2D eigenvalue weighted by Crippen LogP contribution is 2.25. The molecule has 0 amide bonds. The van der Waals surface area contributed by atoms with Crippen LogP contribution in [0.5, 0.6) is 11.5 Å². The molecular formula is C15H16BrFN2O. The van der Waals surface area contributed by atoms with Crippen molar-refractivity contribution >= 4 is 15.9 Å². The minimum atomic E-state index is -0.351. The van der Waals surface area contributed by atoms with Gasteiger partial charge in [0, 0.05) is 18.8 Å². The first-order valence-electron chi connectivity index (χ1n) is 6.46. The van der Waals surface area contributed by atoms with Gasteiger partial charge in [-0.1, -0.05) is 6.92 Å². The summed E-state index contributed by atoms with van der Waals surface area (Å²) in [6.07, 6.45) is 4.49. The third-order valence-corrected chi connectivity index (χ3v) is 3.30. The molecule has 3 nitrogen and oxygen atoms in total. The fraction of sp³-hybridized carbons (Fsp3) is 0.267. The molecule has 5 heteroatoms. The summed E-state index contributed by atoms with van der Waals surface area (Å²) in [5.74, 6) is 0.699. The number of pyridine rings is 1. The van der Waals surface area contributed by atoms with E-state index in [1.165, 1.54) is 6.07 Å². The quantitative estimate of drug-likeness (QED) is 0.798. The first kappa shape index (κ1) is 14.9. The maximum absolute atomic E-state index is 13.4. The highest BCUT2D eigenvalue weighted by Gasteiger charge is 2.04. The minimum Gasteiger partial charge on any atom is -0.456 e. The molecule has 0 saturated carbocycles. The Bertz CT molecular complexity index is 578. The van der Waals surface area contributed by atoms with Gasteiger partial charge >= 0.3 is 0 Å². The number of halogens is 2. The lowest BCUT2D eigenvalue weighted by Crippen LogP contribution is -2.13. The molecular weight excluding hydrogens is 323 g/mol. The molecule has 1 N–H and O–H groups in total. The lowest BCUT2D eigenvalue weighted by molar-refractivity contribution is 0.472. The fourth-order valence-electron chi connectivity index (χ4n) is 1.70. The summed E-state index contributed by atoms with van der Waals surface area (Å²) < 4.78 is 19.4. The number of hydrogen-bond donors (Lipinski definition) is 1. The third kappa shape index (κ3) is 4.28. The number of nitrogens with one attached hydrogen (secondary N) is 1. The molecule has 106 valence electrons. The zero-order chi connectivity index (χ0) is 14.4. The normalized spacial score (nSPS) is 10.6. The second-order valence-corrected chi connectivity index (χ2v) is 5.24. The van der Waals surface area contributed by atoms with Crippen LogP contribution >= 0.6 is 15.9 Å².